The number of carbonyl (C=O) groups is 1. The third kappa shape index (κ3) is 3.15. The van der Waals surface area contributed by atoms with E-state index in [0.717, 1.165) is 22.5 Å². The number of rotatable bonds is 1. The monoisotopic (exact) mass is 368 g/mol. The van der Waals surface area contributed by atoms with E-state index in [1.54, 1.807) is 0 Å². The van der Waals surface area contributed by atoms with Gasteiger partial charge in [0.05, 0.1) is 5.56 Å². The standard InChI is InChI=1S/C16H21BrN2OS/c1-11-9-18-7-3-2-4-13(18)10-19(11)16(20)14-6-5-12(17)8-15(14)21/h5-6,8,11,13,21H,2-4,7,9-10H2,1H3. The number of piperazine rings is 1. The Bertz CT molecular complexity index is 551. The van der Waals surface area contributed by atoms with Crippen LogP contribution in [0.5, 0.6) is 0 Å². The molecule has 0 aliphatic carbocycles. The van der Waals surface area contributed by atoms with E-state index in [2.05, 4.69) is 40.4 Å². The van der Waals surface area contributed by atoms with Crippen molar-refractivity contribution in [2.24, 2.45) is 0 Å². The van der Waals surface area contributed by atoms with E-state index in [1.807, 2.05) is 23.1 Å². The lowest BCUT2D eigenvalue weighted by molar-refractivity contribution is 0.0149. The fourth-order valence-corrected chi connectivity index (χ4v) is 4.32. The SMILES string of the molecule is CC1CN2CCCCC2CN1C(=O)c1ccc(Br)cc1S. The maximum absolute atomic E-state index is 12.9. The lowest BCUT2D eigenvalue weighted by atomic mass is 9.96. The van der Waals surface area contributed by atoms with Gasteiger partial charge < -0.3 is 4.90 Å². The summed E-state index contributed by atoms with van der Waals surface area (Å²) in [5, 5.41) is 0. The van der Waals surface area contributed by atoms with E-state index in [4.69, 9.17) is 0 Å². The summed E-state index contributed by atoms with van der Waals surface area (Å²) >= 11 is 7.88. The van der Waals surface area contributed by atoms with E-state index in [9.17, 15) is 4.79 Å². The van der Waals surface area contributed by atoms with E-state index in [-0.39, 0.29) is 11.9 Å². The fourth-order valence-electron chi connectivity index (χ4n) is 3.48. The number of hydrogen-bond acceptors (Lipinski definition) is 3. The summed E-state index contributed by atoms with van der Waals surface area (Å²) in [4.78, 5) is 18.2. The summed E-state index contributed by atoms with van der Waals surface area (Å²) < 4.78 is 0.953. The summed E-state index contributed by atoms with van der Waals surface area (Å²) in [7, 11) is 0. The van der Waals surface area contributed by atoms with Crippen molar-refractivity contribution < 1.29 is 4.79 Å². The molecule has 0 bridgehead atoms. The molecule has 1 aromatic rings. The van der Waals surface area contributed by atoms with Gasteiger partial charge in [0.1, 0.15) is 0 Å². The maximum atomic E-state index is 12.9. The Morgan fingerprint density at radius 1 is 1.33 bits per heavy atom. The Kier molecular flexibility index (Phi) is 4.62. The summed E-state index contributed by atoms with van der Waals surface area (Å²) in [6, 6.07) is 6.47. The number of halogens is 1. The summed E-state index contributed by atoms with van der Waals surface area (Å²) in [5.41, 5.74) is 0.706. The minimum absolute atomic E-state index is 0.116. The number of thiol groups is 1. The van der Waals surface area contributed by atoms with Crippen molar-refractivity contribution in [3.05, 3.63) is 28.2 Å². The molecule has 0 saturated carbocycles. The zero-order valence-electron chi connectivity index (χ0n) is 12.3. The lowest BCUT2D eigenvalue weighted by Gasteiger charge is -2.47. The van der Waals surface area contributed by atoms with Crippen LogP contribution in [-0.4, -0.2) is 47.4 Å². The Morgan fingerprint density at radius 3 is 2.90 bits per heavy atom. The van der Waals surface area contributed by atoms with Crippen LogP contribution < -0.4 is 0 Å². The van der Waals surface area contributed by atoms with Crippen LogP contribution in [-0.2, 0) is 0 Å². The van der Waals surface area contributed by atoms with Gasteiger partial charge in [0.2, 0.25) is 0 Å². The molecular formula is C16H21BrN2OS. The van der Waals surface area contributed by atoms with E-state index in [0.29, 0.717) is 11.6 Å². The van der Waals surface area contributed by atoms with Gasteiger partial charge in [0.25, 0.3) is 5.91 Å². The molecule has 0 aromatic heterocycles. The second-order valence-electron chi connectivity index (χ2n) is 6.11. The molecular weight excluding hydrogens is 348 g/mol. The summed E-state index contributed by atoms with van der Waals surface area (Å²) in [6.45, 7) is 5.19. The number of hydrogen-bond donors (Lipinski definition) is 1. The summed E-state index contributed by atoms with van der Waals surface area (Å²) in [6.07, 6.45) is 3.79. The van der Waals surface area contributed by atoms with Gasteiger partial charge in [0, 0.05) is 34.5 Å². The van der Waals surface area contributed by atoms with Gasteiger partial charge in [-0.25, -0.2) is 0 Å². The number of fused-ring (bicyclic) bond motifs is 1. The predicted octanol–water partition coefficient (Wildman–Crippen LogP) is 3.44. The van der Waals surface area contributed by atoms with Gasteiger partial charge in [-0.1, -0.05) is 22.4 Å². The molecule has 2 unspecified atom stereocenters. The molecule has 1 amide bonds. The highest BCUT2D eigenvalue weighted by Crippen LogP contribution is 2.27. The second kappa shape index (κ2) is 6.31. The van der Waals surface area contributed by atoms with Crippen molar-refractivity contribution in [2.45, 2.75) is 43.2 Å². The largest absolute Gasteiger partial charge is 0.333 e. The molecule has 1 aromatic carbocycles. The molecule has 2 saturated heterocycles. The van der Waals surface area contributed by atoms with Gasteiger partial charge in [-0.05, 0) is 44.5 Å². The van der Waals surface area contributed by atoms with E-state index < -0.39 is 0 Å². The van der Waals surface area contributed by atoms with Gasteiger partial charge in [-0.3, -0.25) is 9.69 Å². The van der Waals surface area contributed by atoms with Crippen molar-refractivity contribution in [2.75, 3.05) is 19.6 Å². The van der Waals surface area contributed by atoms with Crippen LogP contribution in [0.2, 0.25) is 0 Å². The fraction of sp³-hybridized carbons (Fsp3) is 0.562. The Balaban J connectivity index is 1.80. The number of carbonyl (C=O) groups excluding carboxylic acids is 1. The van der Waals surface area contributed by atoms with Crippen molar-refractivity contribution >= 4 is 34.5 Å². The van der Waals surface area contributed by atoms with Crippen molar-refractivity contribution in [3.8, 4) is 0 Å². The average Bonchev–Trinajstić information content (AvgIpc) is 2.46. The summed E-state index contributed by atoms with van der Waals surface area (Å²) in [5.74, 6) is 0.116. The van der Waals surface area contributed by atoms with Crippen LogP contribution >= 0.6 is 28.6 Å². The Morgan fingerprint density at radius 2 is 2.14 bits per heavy atom. The van der Waals surface area contributed by atoms with E-state index >= 15 is 0 Å². The topological polar surface area (TPSA) is 23.6 Å². The highest BCUT2D eigenvalue weighted by Gasteiger charge is 2.35. The molecule has 0 radical (unpaired) electrons. The quantitative estimate of drug-likeness (QED) is 0.767. The van der Waals surface area contributed by atoms with Crippen molar-refractivity contribution in [1.29, 1.82) is 0 Å². The van der Waals surface area contributed by atoms with Crippen molar-refractivity contribution in [1.82, 2.24) is 9.80 Å². The molecule has 5 heteroatoms. The van der Waals surface area contributed by atoms with Crippen molar-refractivity contribution in [3.63, 3.8) is 0 Å². The Hall–Kier alpha value is -0.520. The third-order valence-electron chi connectivity index (χ3n) is 4.64. The first-order chi connectivity index (χ1) is 10.1. The van der Waals surface area contributed by atoms with E-state index in [1.165, 1.54) is 25.8 Å². The van der Waals surface area contributed by atoms with Gasteiger partial charge in [-0.2, -0.15) is 0 Å². The van der Waals surface area contributed by atoms with Crippen LogP contribution in [0.1, 0.15) is 36.5 Å². The normalized spacial score (nSPS) is 26.5. The van der Waals surface area contributed by atoms with Crippen LogP contribution in [0, 0.1) is 0 Å². The number of piperidine rings is 1. The highest BCUT2D eigenvalue weighted by atomic mass is 79.9. The number of nitrogens with zero attached hydrogens (tertiary/aromatic N) is 2. The third-order valence-corrected chi connectivity index (χ3v) is 5.50. The molecule has 2 atom stereocenters. The molecule has 2 heterocycles. The van der Waals surface area contributed by atoms with Crippen LogP contribution in [0.15, 0.2) is 27.6 Å². The smallest absolute Gasteiger partial charge is 0.255 e. The first-order valence-electron chi connectivity index (χ1n) is 7.60. The first-order valence-corrected chi connectivity index (χ1v) is 8.84. The molecule has 2 aliphatic rings. The molecule has 0 N–H and O–H groups in total. The second-order valence-corrected chi connectivity index (χ2v) is 7.51. The highest BCUT2D eigenvalue weighted by molar-refractivity contribution is 9.10. The Labute approximate surface area is 140 Å². The zero-order chi connectivity index (χ0) is 15.0. The number of amides is 1. The first kappa shape index (κ1) is 15.4. The molecule has 21 heavy (non-hydrogen) atoms. The van der Waals surface area contributed by atoms with Gasteiger partial charge >= 0.3 is 0 Å². The average molecular weight is 369 g/mol. The number of benzene rings is 1. The molecule has 3 nitrogen and oxygen atoms in total. The molecule has 2 aliphatic heterocycles. The zero-order valence-corrected chi connectivity index (χ0v) is 14.7. The van der Waals surface area contributed by atoms with Gasteiger partial charge in [-0.15, -0.1) is 12.6 Å². The minimum Gasteiger partial charge on any atom is -0.333 e. The van der Waals surface area contributed by atoms with Crippen LogP contribution in [0.3, 0.4) is 0 Å². The van der Waals surface area contributed by atoms with Gasteiger partial charge in [0.15, 0.2) is 0 Å². The van der Waals surface area contributed by atoms with Crippen LogP contribution in [0.25, 0.3) is 0 Å². The molecule has 2 fully saturated rings. The molecule has 0 spiro atoms. The molecule has 3 rings (SSSR count). The lowest BCUT2D eigenvalue weighted by Crippen LogP contribution is -2.60. The maximum Gasteiger partial charge on any atom is 0.255 e. The minimum atomic E-state index is 0.116. The molecule has 114 valence electrons. The predicted molar refractivity (Wildman–Crippen MR) is 91.1 cm³/mol. The van der Waals surface area contributed by atoms with Crippen LogP contribution in [0.4, 0.5) is 0 Å².